The van der Waals surface area contributed by atoms with Crippen LogP contribution in [0.25, 0.3) is 0 Å². The van der Waals surface area contributed by atoms with Gasteiger partial charge in [0, 0.05) is 17.3 Å². The summed E-state index contributed by atoms with van der Waals surface area (Å²) in [4.78, 5) is 16.5. The second-order valence-corrected chi connectivity index (χ2v) is 5.13. The van der Waals surface area contributed by atoms with Crippen molar-refractivity contribution in [1.82, 2.24) is 10.3 Å². The number of carbonyl (C=O) groups is 1. The van der Waals surface area contributed by atoms with E-state index in [9.17, 15) is 4.79 Å². The van der Waals surface area contributed by atoms with Gasteiger partial charge >= 0.3 is 0 Å². The molecule has 0 saturated heterocycles. The molecule has 5 nitrogen and oxygen atoms in total. The average molecular weight is 278 g/mol. The molecular weight excluding hydrogens is 252 g/mol. The van der Waals surface area contributed by atoms with E-state index < -0.39 is 0 Å². The van der Waals surface area contributed by atoms with Gasteiger partial charge in [0.25, 0.3) is 5.91 Å². The zero-order chi connectivity index (χ0) is 15.0. The number of hydrogen-bond acceptors (Lipinski definition) is 4. The Morgan fingerprint density at radius 3 is 2.65 bits per heavy atom. The third-order valence-electron chi connectivity index (χ3n) is 3.24. The quantitative estimate of drug-likeness (QED) is 0.504. The number of aryl methyl sites for hydroxylation is 1. The predicted octanol–water partition coefficient (Wildman–Crippen LogP) is 2.76. The zero-order valence-electron chi connectivity index (χ0n) is 12.7. The van der Waals surface area contributed by atoms with Crippen LogP contribution in [-0.4, -0.2) is 16.9 Å². The number of anilines is 1. The number of nitrogens with one attached hydrogen (secondary N) is 2. The largest absolute Gasteiger partial charge is 0.349 e. The number of rotatable bonds is 8. The van der Waals surface area contributed by atoms with Crippen molar-refractivity contribution in [3.05, 3.63) is 23.4 Å². The van der Waals surface area contributed by atoms with Gasteiger partial charge in [0.05, 0.1) is 0 Å². The fourth-order valence-electron chi connectivity index (χ4n) is 2.23. The SMILES string of the molecule is CCCCC(CCC)NC(=O)c1cc(C)nc(NN)c1. The van der Waals surface area contributed by atoms with Crippen LogP contribution >= 0.6 is 0 Å². The number of hydrogen-bond donors (Lipinski definition) is 3. The maximum absolute atomic E-state index is 12.3. The summed E-state index contributed by atoms with van der Waals surface area (Å²) in [6.45, 7) is 6.15. The number of aromatic nitrogens is 1. The van der Waals surface area contributed by atoms with Crippen molar-refractivity contribution in [3.63, 3.8) is 0 Å². The number of amides is 1. The first kappa shape index (κ1) is 16.4. The number of nitrogens with two attached hydrogens (primary N) is 1. The van der Waals surface area contributed by atoms with Crippen LogP contribution in [0.5, 0.6) is 0 Å². The van der Waals surface area contributed by atoms with Gasteiger partial charge in [0.15, 0.2) is 0 Å². The molecule has 0 aliphatic heterocycles. The highest BCUT2D eigenvalue weighted by atomic mass is 16.1. The Morgan fingerprint density at radius 1 is 1.30 bits per heavy atom. The Morgan fingerprint density at radius 2 is 2.05 bits per heavy atom. The molecule has 0 aromatic carbocycles. The van der Waals surface area contributed by atoms with Crippen molar-refractivity contribution in [2.45, 2.75) is 58.9 Å². The minimum Gasteiger partial charge on any atom is -0.349 e. The van der Waals surface area contributed by atoms with Crippen molar-refractivity contribution in [2.75, 3.05) is 5.43 Å². The van der Waals surface area contributed by atoms with Gasteiger partial charge in [0.1, 0.15) is 5.82 Å². The molecular formula is C15H26N4O. The smallest absolute Gasteiger partial charge is 0.251 e. The van der Waals surface area contributed by atoms with Crippen LogP contribution in [0.2, 0.25) is 0 Å². The lowest BCUT2D eigenvalue weighted by atomic mass is 10.0. The summed E-state index contributed by atoms with van der Waals surface area (Å²) in [7, 11) is 0. The molecule has 1 rings (SSSR count). The first-order valence-corrected chi connectivity index (χ1v) is 7.36. The summed E-state index contributed by atoms with van der Waals surface area (Å²) in [6.07, 6.45) is 5.39. The Hall–Kier alpha value is -1.62. The van der Waals surface area contributed by atoms with E-state index in [1.54, 1.807) is 12.1 Å². The molecule has 20 heavy (non-hydrogen) atoms. The Kier molecular flexibility index (Phi) is 7.01. The highest BCUT2D eigenvalue weighted by Gasteiger charge is 2.14. The van der Waals surface area contributed by atoms with Gasteiger partial charge in [-0.25, -0.2) is 10.8 Å². The maximum Gasteiger partial charge on any atom is 0.251 e. The van der Waals surface area contributed by atoms with Gasteiger partial charge in [-0.1, -0.05) is 33.1 Å². The summed E-state index contributed by atoms with van der Waals surface area (Å²) in [5, 5.41) is 3.11. The van der Waals surface area contributed by atoms with E-state index in [1.165, 1.54) is 0 Å². The van der Waals surface area contributed by atoms with E-state index in [-0.39, 0.29) is 11.9 Å². The van der Waals surface area contributed by atoms with Crippen molar-refractivity contribution in [2.24, 2.45) is 5.84 Å². The minimum atomic E-state index is -0.0541. The van der Waals surface area contributed by atoms with Gasteiger partial charge in [-0.2, -0.15) is 0 Å². The zero-order valence-corrected chi connectivity index (χ0v) is 12.7. The minimum absolute atomic E-state index is 0.0541. The molecule has 0 spiro atoms. The van der Waals surface area contributed by atoms with Crippen molar-refractivity contribution in [3.8, 4) is 0 Å². The number of carbonyl (C=O) groups excluding carboxylic acids is 1. The van der Waals surface area contributed by atoms with Gasteiger partial charge in [-0.3, -0.25) is 4.79 Å². The Labute approximate surface area is 121 Å². The summed E-state index contributed by atoms with van der Waals surface area (Å²) >= 11 is 0. The van der Waals surface area contributed by atoms with Gasteiger partial charge in [-0.15, -0.1) is 0 Å². The van der Waals surface area contributed by atoms with E-state index in [0.29, 0.717) is 11.4 Å². The number of nitrogens with zero attached hydrogens (tertiary/aromatic N) is 1. The molecule has 0 saturated carbocycles. The molecule has 0 radical (unpaired) electrons. The van der Waals surface area contributed by atoms with Crippen LogP contribution in [-0.2, 0) is 0 Å². The molecule has 1 aromatic rings. The molecule has 4 N–H and O–H groups in total. The average Bonchev–Trinajstić information content (AvgIpc) is 2.44. The van der Waals surface area contributed by atoms with Crippen LogP contribution in [0.1, 0.15) is 62.0 Å². The molecule has 1 unspecified atom stereocenters. The molecule has 0 aliphatic carbocycles. The van der Waals surface area contributed by atoms with Crippen molar-refractivity contribution >= 4 is 11.7 Å². The van der Waals surface area contributed by atoms with Gasteiger partial charge < -0.3 is 10.7 Å². The molecule has 1 amide bonds. The summed E-state index contributed by atoms with van der Waals surface area (Å²) < 4.78 is 0. The topological polar surface area (TPSA) is 80.0 Å². The first-order valence-electron chi connectivity index (χ1n) is 7.36. The number of hydrazine groups is 1. The summed E-state index contributed by atoms with van der Waals surface area (Å²) in [5.74, 6) is 5.81. The van der Waals surface area contributed by atoms with E-state index >= 15 is 0 Å². The molecule has 5 heteroatoms. The van der Waals surface area contributed by atoms with Crippen LogP contribution < -0.4 is 16.6 Å². The van der Waals surface area contributed by atoms with E-state index in [4.69, 9.17) is 5.84 Å². The van der Waals surface area contributed by atoms with Crippen LogP contribution in [0.3, 0.4) is 0 Å². The molecule has 1 heterocycles. The fraction of sp³-hybridized carbons (Fsp3) is 0.600. The van der Waals surface area contributed by atoms with E-state index in [0.717, 1.165) is 37.8 Å². The first-order chi connectivity index (χ1) is 9.60. The van der Waals surface area contributed by atoms with Crippen LogP contribution in [0.4, 0.5) is 5.82 Å². The summed E-state index contributed by atoms with van der Waals surface area (Å²) in [6, 6.07) is 3.69. The Balaban J connectivity index is 2.74. The summed E-state index contributed by atoms with van der Waals surface area (Å²) in [5.41, 5.74) is 3.85. The van der Waals surface area contributed by atoms with Crippen LogP contribution in [0.15, 0.2) is 12.1 Å². The second-order valence-electron chi connectivity index (χ2n) is 5.13. The molecule has 0 fully saturated rings. The highest BCUT2D eigenvalue weighted by Crippen LogP contribution is 2.12. The number of nitrogen functional groups attached to an aromatic ring is 1. The van der Waals surface area contributed by atoms with E-state index in [2.05, 4.69) is 29.6 Å². The maximum atomic E-state index is 12.3. The standard InChI is InChI=1S/C15H26N4O/c1-4-6-8-13(7-5-2)18-15(20)12-9-11(3)17-14(10-12)19-16/h9-10,13H,4-8,16H2,1-3H3,(H,17,19)(H,18,20). The predicted molar refractivity (Wildman–Crippen MR) is 82.5 cm³/mol. The van der Waals surface area contributed by atoms with Gasteiger partial charge in [0.2, 0.25) is 0 Å². The Bertz CT molecular complexity index is 434. The van der Waals surface area contributed by atoms with Crippen LogP contribution in [0, 0.1) is 6.92 Å². The van der Waals surface area contributed by atoms with Gasteiger partial charge in [-0.05, 0) is 31.9 Å². The van der Waals surface area contributed by atoms with Crippen molar-refractivity contribution < 1.29 is 4.79 Å². The molecule has 0 bridgehead atoms. The molecule has 0 aliphatic rings. The third kappa shape index (κ3) is 5.17. The number of pyridine rings is 1. The molecule has 1 atom stereocenters. The lowest BCUT2D eigenvalue weighted by Crippen LogP contribution is -2.35. The molecule has 112 valence electrons. The highest BCUT2D eigenvalue weighted by molar-refractivity contribution is 5.95. The third-order valence-corrected chi connectivity index (χ3v) is 3.24. The lowest BCUT2D eigenvalue weighted by Gasteiger charge is -2.18. The lowest BCUT2D eigenvalue weighted by molar-refractivity contribution is 0.0932. The number of unbranched alkanes of at least 4 members (excludes halogenated alkanes) is 1. The monoisotopic (exact) mass is 278 g/mol. The molecule has 1 aromatic heterocycles. The van der Waals surface area contributed by atoms with Crippen molar-refractivity contribution in [1.29, 1.82) is 0 Å². The van der Waals surface area contributed by atoms with E-state index in [1.807, 2.05) is 6.92 Å². The fourth-order valence-corrected chi connectivity index (χ4v) is 2.23. The second kappa shape index (κ2) is 8.53. The normalized spacial score (nSPS) is 12.0.